The van der Waals surface area contributed by atoms with Crippen LogP contribution in [0.15, 0.2) is 101 Å². The van der Waals surface area contributed by atoms with Gasteiger partial charge < -0.3 is 33.2 Å². The third-order valence-electron chi connectivity index (χ3n) is 15.1. The van der Waals surface area contributed by atoms with Crippen molar-refractivity contribution in [2.75, 3.05) is 45.7 Å². The van der Waals surface area contributed by atoms with Gasteiger partial charge in [0.15, 0.2) is 25.4 Å². The molecule has 4 atom stereocenters. The predicted octanol–water partition coefficient (Wildman–Crippen LogP) is 9.90. The molecule has 1 aromatic heterocycles. The van der Waals surface area contributed by atoms with Crippen LogP contribution in [0.3, 0.4) is 0 Å². The Morgan fingerprint density at radius 1 is 0.900 bits per heavy atom. The zero-order valence-electron chi connectivity index (χ0n) is 41.3. The van der Waals surface area contributed by atoms with Gasteiger partial charge in [-0.25, -0.2) is 4.39 Å². The zero-order chi connectivity index (χ0) is 49.7. The molecule has 4 aromatic carbocycles. The van der Waals surface area contributed by atoms with E-state index in [4.69, 9.17) is 23.2 Å². The molecular formula is C55H63FN4O9Si. The van der Waals surface area contributed by atoms with Crippen LogP contribution < -0.4 is 19.1 Å². The van der Waals surface area contributed by atoms with Crippen LogP contribution in [0.4, 0.5) is 10.1 Å². The van der Waals surface area contributed by atoms with Crippen molar-refractivity contribution in [3.05, 3.63) is 142 Å². The van der Waals surface area contributed by atoms with Crippen molar-refractivity contribution in [3.8, 4) is 17.4 Å². The van der Waals surface area contributed by atoms with Gasteiger partial charge in [0, 0.05) is 23.1 Å². The van der Waals surface area contributed by atoms with Crippen molar-refractivity contribution >= 4 is 37.2 Å². The van der Waals surface area contributed by atoms with Crippen molar-refractivity contribution in [3.63, 3.8) is 0 Å². The predicted molar refractivity (Wildman–Crippen MR) is 266 cm³/mol. The molecule has 13 nitrogen and oxygen atoms in total. The monoisotopic (exact) mass is 970 g/mol. The number of aliphatic hydroxyl groups excluding tert-OH is 1. The number of carbonyl (C=O) groups excluding carboxylic acids is 3. The van der Waals surface area contributed by atoms with Gasteiger partial charge in [-0.1, -0.05) is 93.6 Å². The van der Waals surface area contributed by atoms with Gasteiger partial charge in [0.25, 0.3) is 5.88 Å². The number of aliphatic hydroxyl groups is 1. The number of carbonyl (C=O) groups is 3. The molecule has 0 unspecified atom stereocenters. The second-order valence-corrected chi connectivity index (χ2v) is 25.5. The molecule has 1 N–H and O–H groups in total. The van der Waals surface area contributed by atoms with Crippen LogP contribution in [0.2, 0.25) is 18.1 Å². The van der Waals surface area contributed by atoms with Crippen molar-refractivity contribution in [2.24, 2.45) is 11.8 Å². The molecule has 1 saturated carbocycles. The van der Waals surface area contributed by atoms with Gasteiger partial charge in [-0.3, -0.25) is 24.2 Å². The van der Waals surface area contributed by atoms with Gasteiger partial charge >= 0.3 is 0 Å². The Bertz CT molecular complexity index is 2800. The van der Waals surface area contributed by atoms with Gasteiger partial charge in [-0.05, 0) is 111 Å². The lowest BCUT2D eigenvalue weighted by Gasteiger charge is -2.55. The van der Waals surface area contributed by atoms with E-state index in [-0.39, 0.29) is 90.4 Å². The summed E-state index contributed by atoms with van der Waals surface area (Å²) in [5.41, 5.74) is 0.355. The van der Waals surface area contributed by atoms with E-state index >= 15 is 14.0 Å². The first-order valence-electron chi connectivity index (χ1n) is 24.2. The molecule has 2 fully saturated rings. The highest BCUT2D eigenvalue weighted by Gasteiger charge is 2.69. The maximum absolute atomic E-state index is 17.4. The topological polar surface area (TPSA) is 144 Å². The minimum Gasteiger partial charge on any atom is -0.507 e. The summed E-state index contributed by atoms with van der Waals surface area (Å²) in [4.78, 5) is 52.3. The van der Waals surface area contributed by atoms with Crippen LogP contribution in [-0.4, -0.2) is 92.3 Å². The van der Waals surface area contributed by atoms with Crippen molar-refractivity contribution in [1.82, 2.24) is 15.0 Å². The second-order valence-electron chi connectivity index (χ2n) is 20.8. The fourth-order valence-electron chi connectivity index (χ4n) is 10.5. The molecule has 0 radical (unpaired) electrons. The fraction of sp³-hybridized carbons (Fsp3) is 0.418. The molecule has 1 amide bonds. The minimum atomic E-state index is -3.06. The number of aromatic nitrogens is 1. The minimum absolute atomic E-state index is 0.00584. The Labute approximate surface area is 410 Å². The number of halogens is 1. The number of nitrogens with zero attached hydrogens (tertiary/aromatic N) is 4. The maximum atomic E-state index is 17.4. The molecule has 1 aliphatic heterocycles. The number of methoxy groups -OCH3 is 1. The zero-order valence-corrected chi connectivity index (χ0v) is 42.3. The van der Waals surface area contributed by atoms with E-state index in [1.165, 1.54) is 11.0 Å². The number of benzene rings is 4. The molecule has 15 heteroatoms. The van der Waals surface area contributed by atoms with Crippen LogP contribution in [0, 0.1) is 17.7 Å². The number of hydrogen-bond donors (Lipinski definition) is 1. The van der Waals surface area contributed by atoms with Gasteiger partial charge in [-0.15, -0.1) is 0 Å². The SMILES string of the molecule is COc1ccc(CN(C(=O)CN2CCCC2)c2cc(F)c3c(c2OCc2ccccc2)C(O)=C2C(=O)[C@]4(O[Si](C)(C)C(C)(C)C)C(=O)c5c(OCc6ccccc6)noc5[C@@H](N(C)C)[C@@H]4C[C@@H]2C3)cc1. The lowest BCUT2D eigenvalue weighted by atomic mass is 9.57. The lowest BCUT2D eigenvalue weighted by Crippen LogP contribution is -2.68. The van der Waals surface area contributed by atoms with Crippen LogP contribution in [-0.2, 0) is 40.2 Å². The number of fused-ring (bicyclic) bond motifs is 4. The Hall–Kier alpha value is -6.13. The third-order valence-corrected chi connectivity index (χ3v) is 19.5. The molecule has 5 aromatic rings. The molecule has 70 heavy (non-hydrogen) atoms. The third kappa shape index (κ3) is 8.86. The number of ketones is 2. The average Bonchev–Trinajstić information content (AvgIpc) is 4.01. The summed E-state index contributed by atoms with van der Waals surface area (Å²) in [6.45, 7) is 11.8. The summed E-state index contributed by atoms with van der Waals surface area (Å²) in [5.74, 6) is -3.57. The molecular weight excluding hydrogens is 908 g/mol. The van der Waals surface area contributed by atoms with Crippen molar-refractivity contribution < 1.29 is 47.0 Å². The number of rotatable bonds is 15. The van der Waals surface area contributed by atoms with Crippen molar-refractivity contribution in [2.45, 2.75) is 96.0 Å². The lowest BCUT2D eigenvalue weighted by molar-refractivity contribution is -0.140. The summed E-state index contributed by atoms with van der Waals surface area (Å²) in [7, 11) is 2.21. The smallest absolute Gasteiger partial charge is 0.265 e. The first kappa shape index (κ1) is 48.9. The van der Waals surface area contributed by atoms with Gasteiger partial charge in [0.1, 0.15) is 36.1 Å². The first-order chi connectivity index (χ1) is 33.4. The van der Waals surface area contributed by atoms with Crippen LogP contribution in [0.25, 0.3) is 5.76 Å². The van der Waals surface area contributed by atoms with E-state index in [1.807, 2.05) is 126 Å². The summed E-state index contributed by atoms with van der Waals surface area (Å²) >= 11 is 0. The fourth-order valence-corrected chi connectivity index (χ4v) is 11.9. The highest BCUT2D eigenvalue weighted by Crippen LogP contribution is 2.60. The maximum Gasteiger partial charge on any atom is 0.265 e. The number of anilines is 1. The van der Waals surface area contributed by atoms with Crippen molar-refractivity contribution in [1.29, 1.82) is 0 Å². The first-order valence-corrected chi connectivity index (χ1v) is 27.1. The van der Waals surface area contributed by atoms with E-state index in [1.54, 1.807) is 19.2 Å². The molecule has 368 valence electrons. The largest absolute Gasteiger partial charge is 0.507 e. The van der Waals surface area contributed by atoms with Gasteiger partial charge in [0.2, 0.25) is 17.5 Å². The van der Waals surface area contributed by atoms with Crippen LogP contribution in [0.5, 0.6) is 17.4 Å². The normalized spacial score (nSPS) is 21.3. The van der Waals surface area contributed by atoms with E-state index < -0.39 is 60.0 Å². The summed E-state index contributed by atoms with van der Waals surface area (Å²) in [6.07, 6.45) is 2.06. The summed E-state index contributed by atoms with van der Waals surface area (Å²) in [6, 6.07) is 26.8. The summed E-state index contributed by atoms with van der Waals surface area (Å²) in [5, 5.41) is 16.9. The Balaban J connectivity index is 1.23. The highest BCUT2D eigenvalue weighted by atomic mass is 28.4. The van der Waals surface area contributed by atoms with E-state index in [9.17, 15) is 9.90 Å². The second kappa shape index (κ2) is 19.2. The van der Waals surface area contributed by atoms with Gasteiger partial charge in [0.05, 0.1) is 37.5 Å². The van der Waals surface area contributed by atoms with E-state index in [2.05, 4.69) is 10.1 Å². The Kier molecular flexibility index (Phi) is 13.4. The molecule has 3 aliphatic carbocycles. The van der Waals surface area contributed by atoms with Crippen LogP contribution in [0.1, 0.15) is 90.0 Å². The molecule has 0 bridgehead atoms. The quantitative estimate of drug-likeness (QED) is 0.0788. The van der Waals surface area contributed by atoms with E-state index in [0.717, 1.165) is 42.6 Å². The molecule has 0 spiro atoms. The Morgan fingerprint density at radius 3 is 2.13 bits per heavy atom. The number of hydrogen-bond acceptors (Lipinski definition) is 12. The number of ether oxygens (including phenoxy) is 3. The van der Waals surface area contributed by atoms with E-state index in [0.29, 0.717) is 5.75 Å². The standard InChI is InChI=1S/C55H63FN4O9Si/c1-54(2,3)70(7,8)69-55-40(47(58(4)5)50-46(52(55)64)53(57-68-50)67-33-36-19-13-10-14-20-36)28-37-27-39-41(56)29-42(49(45(39)48(62)44(37)51(55)63)66-32-35-17-11-9-12-18-35)60(43(61)31-59-25-15-16-26-59)30-34-21-23-38(65-6)24-22-34/h9-14,17-24,29,37,40,47,62H,15-16,25-28,30-33H2,1-8H3/t37-,40-,47-,55-/m0/s1. The molecule has 2 heterocycles. The van der Waals surface area contributed by atoms with Crippen LogP contribution >= 0.6 is 0 Å². The number of Topliss-reactive ketones (excluding diaryl/α,β-unsaturated/α-hetero) is 2. The summed E-state index contributed by atoms with van der Waals surface area (Å²) < 4.78 is 49.2. The average molecular weight is 971 g/mol. The molecule has 4 aliphatic rings. The molecule has 1 saturated heterocycles. The molecule has 9 rings (SSSR count). The highest BCUT2D eigenvalue weighted by molar-refractivity contribution is 6.74. The number of amides is 1. The van der Waals surface area contributed by atoms with Gasteiger partial charge in [-0.2, -0.15) is 0 Å². The Morgan fingerprint density at radius 2 is 1.53 bits per heavy atom. The number of likely N-dealkylation sites (tertiary alicyclic amines) is 1.